The maximum absolute atomic E-state index is 12.3. The Labute approximate surface area is 673 Å². The molecule has 2 N–H and O–H groups in total. The van der Waals surface area contributed by atoms with Crippen LogP contribution in [-0.2, 0) is 28.8 Å². The van der Waals surface area contributed by atoms with Crippen LogP contribution in [0.1, 0.15) is 227 Å². The van der Waals surface area contributed by atoms with E-state index in [0.29, 0.717) is 52.8 Å². The van der Waals surface area contributed by atoms with Gasteiger partial charge in [-0.1, -0.05) is 155 Å². The van der Waals surface area contributed by atoms with Crippen LogP contribution in [0.2, 0.25) is 0 Å². The highest BCUT2D eigenvalue weighted by Gasteiger charge is 2.34. The monoisotopic (exact) mass is 1540 g/mol. The summed E-state index contributed by atoms with van der Waals surface area (Å²) in [5.41, 5.74) is 0.859. The number of piperidine rings is 6. The van der Waals surface area contributed by atoms with Gasteiger partial charge in [0.2, 0.25) is 35.4 Å². The van der Waals surface area contributed by atoms with E-state index in [-0.39, 0.29) is 52.4 Å². The lowest BCUT2D eigenvalue weighted by molar-refractivity contribution is -0.129. The number of aliphatic hydroxyl groups is 1. The molecule has 0 aromatic carbocycles. The highest BCUT2D eigenvalue weighted by atomic mass is 16.3. The molecule has 9 heterocycles. The summed E-state index contributed by atoms with van der Waals surface area (Å²) in [6.45, 7) is 65.0. The van der Waals surface area contributed by atoms with Gasteiger partial charge in [0.15, 0.2) is 0 Å². The molecule has 9 aliphatic rings. The first-order chi connectivity index (χ1) is 51.9. The summed E-state index contributed by atoms with van der Waals surface area (Å²) in [4.78, 5) is 93.5. The summed E-state index contributed by atoms with van der Waals surface area (Å²) in [6.07, 6.45) is 40.0. The van der Waals surface area contributed by atoms with Crippen LogP contribution in [0.3, 0.4) is 0 Å². The number of hydrogen-bond acceptors (Lipinski definition) is 12. The lowest BCUT2D eigenvalue weighted by atomic mass is 9.76. The topological polar surface area (TPSA) is 167 Å². The Balaban J connectivity index is 0.000000281. The average molecular weight is 1540 g/mol. The minimum absolute atomic E-state index is 0.0887. The fourth-order valence-electron chi connectivity index (χ4n) is 16.2. The smallest absolute Gasteiger partial charge is 0.246 e. The van der Waals surface area contributed by atoms with E-state index >= 15 is 0 Å². The summed E-state index contributed by atoms with van der Waals surface area (Å²) in [6, 6.07) is 0. The van der Waals surface area contributed by atoms with Gasteiger partial charge in [0.05, 0.1) is 6.10 Å². The largest absolute Gasteiger partial charge is 0.393 e. The van der Waals surface area contributed by atoms with Gasteiger partial charge in [-0.05, 0) is 231 Å². The van der Waals surface area contributed by atoms with E-state index in [2.05, 4.69) is 166 Å². The Hall–Kier alpha value is -4.98. The number of likely N-dealkylation sites (N-methyl/N-ethyl adjacent to an activating group) is 1. The Morgan fingerprint density at radius 1 is 0.409 bits per heavy atom. The molecule has 18 nitrogen and oxygen atoms in total. The second-order valence-electron chi connectivity index (χ2n) is 38.7. The Morgan fingerprint density at radius 3 is 1.02 bits per heavy atom. The number of aliphatic hydroxyl groups excluding tert-OH is 1. The van der Waals surface area contributed by atoms with Crippen molar-refractivity contribution in [2.75, 3.05) is 171 Å². The molecule has 7 unspecified atom stereocenters. The zero-order chi connectivity index (χ0) is 81.6. The van der Waals surface area contributed by atoms with Gasteiger partial charge >= 0.3 is 0 Å². The van der Waals surface area contributed by atoms with Gasteiger partial charge in [-0.2, -0.15) is 0 Å². The predicted octanol–water partition coefficient (Wildman–Crippen LogP) is 14.5. The molecule has 0 aromatic rings. The molecule has 9 saturated heterocycles. The summed E-state index contributed by atoms with van der Waals surface area (Å²) in [5, 5.41) is 12.2. The maximum Gasteiger partial charge on any atom is 0.246 e. The number of amides is 6. The van der Waals surface area contributed by atoms with Gasteiger partial charge in [-0.15, -0.1) is 0 Å². The SMILES string of the molecule is C=CC(=O)NCCC(C)(C)C.CC(C)(C)C1CCCN(C(=O)/C=C/CN2CCC(O)CC2)C1.CC(C)C1CCCN(C(=O)/C=C/CN2CCCC2)C1.CC1CCN(C/C=C/C(=O)N2CCCC(C(C)C)C2)C1.CC1CCN(C/C=C/C(=O)N2CCCC(C(C)C)C2)C1.CN(C)C/C=C/C(=O)N1CCCC(C(C)(C)C)C1. The lowest BCUT2D eigenvalue weighted by Gasteiger charge is -2.39. The van der Waals surface area contributed by atoms with Gasteiger partial charge < -0.3 is 39.8 Å². The zero-order valence-electron chi connectivity index (χ0n) is 73.8. The average Bonchev–Trinajstić information content (AvgIpc) is 1.03. The molecule has 0 aromatic heterocycles. The quantitative estimate of drug-likeness (QED) is 0.105. The predicted molar refractivity (Wildman–Crippen MR) is 459 cm³/mol. The normalized spacial score (nSPS) is 24.7. The van der Waals surface area contributed by atoms with Crippen LogP contribution in [0.5, 0.6) is 0 Å². The summed E-state index contributed by atoms with van der Waals surface area (Å²) >= 11 is 0. The standard InChI is InChI=1S/C18H32N2O2.2C17H30N2O.C16H28N2O.C15H28N2O.C9H17NO/c1-18(2,3)15-6-4-11-20(14-15)17(22)7-5-10-19-12-8-16(21)9-13-19;2*1-14(2)16-6-4-10-19(13-16)17(20)7-5-9-18-11-8-15(3)12-18;1-14(2)15-7-5-12-18(13-15)16(19)8-6-11-17-9-3-4-10-17;1-15(2,3)13-8-6-11-17(12-13)14(18)9-7-10-16(4)5;1-5-8(11)10-7-6-9(2,3)4/h5,7,15-16,21H,4,6,8-14H2,1-3H3;2*5,7,14-16H,4,6,8-13H2,1-3H3;6,8,14-15H,3-5,7,9-13H2,1-2H3;7,9,13H,6,8,10-12H2,1-5H3;5H,1,6-7H2,2-4H3,(H,10,11)/b3*7-5+;8-6+;9-7+;. The van der Waals surface area contributed by atoms with Crippen LogP contribution in [0.25, 0.3) is 0 Å². The van der Waals surface area contributed by atoms with E-state index in [1.165, 1.54) is 103 Å². The molecule has 630 valence electrons. The number of hydrogen-bond donors (Lipinski definition) is 2. The van der Waals surface area contributed by atoms with Crippen LogP contribution in [0, 0.1) is 75.4 Å². The van der Waals surface area contributed by atoms with Gasteiger partial charge in [0.25, 0.3) is 0 Å². The van der Waals surface area contributed by atoms with Crippen molar-refractivity contribution >= 4 is 35.4 Å². The molecule has 0 aliphatic carbocycles. The number of rotatable bonds is 21. The van der Waals surface area contributed by atoms with E-state index < -0.39 is 0 Å². The highest BCUT2D eigenvalue weighted by Crippen LogP contribution is 2.35. The van der Waals surface area contributed by atoms with Gasteiger partial charge in [-0.25, -0.2) is 0 Å². The molecule has 9 fully saturated rings. The van der Waals surface area contributed by atoms with Crippen molar-refractivity contribution in [3.05, 3.63) is 73.4 Å². The van der Waals surface area contributed by atoms with Crippen LogP contribution < -0.4 is 5.32 Å². The molecule has 18 heteroatoms. The van der Waals surface area contributed by atoms with Crippen LogP contribution in [0.15, 0.2) is 73.4 Å². The fourth-order valence-corrected chi connectivity index (χ4v) is 16.2. The van der Waals surface area contributed by atoms with E-state index in [0.717, 1.165) is 181 Å². The minimum Gasteiger partial charge on any atom is -0.393 e. The third-order valence-corrected chi connectivity index (χ3v) is 24.4. The van der Waals surface area contributed by atoms with E-state index in [1.54, 1.807) is 30.4 Å². The fraction of sp³-hybridized carbons (Fsp3) is 0.804. The molecule has 0 spiro atoms. The van der Waals surface area contributed by atoms with E-state index in [1.807, 2.05) is 56.8 Å². The van der Waals surface area contributed by atoms with Crippen molar-refractivity contribution in [1.29, 1.82) is 0 Å². The lowest BCUT2D eigenvalue weighted by Crippen LogP contribution is -2.43. The first kappa shape index (κ1) is 97.4. The van der Waals surface area contributed by atoms with Gasteiger partial charge in [0, 0.05) is 161 Å². The van der Waals surface area contributed by atoms with Crippen molar-refractivity contribution in [1.82, 2.24) is 54.3 Å². The number of nitrogens with one attached hydrogen (secondary N) is 1. The molecular weight excluding hydrogens is 1370 g/mol. The Morgan fingerprint density at radius 2 is 0.718 bits per heavy atom. The summed E-state index contributed by atoms with van der Waals surface area (Å²) in [5.74, 6) is 7.82. The maximum atomic E-state index is 12.3. The number of carbonyl (C=O) groups excluding carboxylic acids is 6. The molecular formula is C92H165N11O7. The van der Waals surface area contributed by atoms with Crippen LogP contribution >= 0.6 is 0 Å². The molecule has 0 radical (unpaired) electrons. The zero-order valence-corrected chi connectivity index (χ0v) is 73.8. The van der Waals surface area contributed by atoms with Crippen LogP contribution in [-0.4, -0.2) is 267 Å². The van der Waals surface area contributed by atoms with Crippen molar-refractivity contribution in [3.8, 4) is 0 Å². The first-order valence-corrected chi connectivity index (χ1v) is 43.8. The third kappa shape index (κ3) is 40.3. The Kier molecular flexibility index (Phi) is 45.2. The second kappa shape index (κ2) is 51.1. The van der Waals surface area contributed by atoms with Crippen molar-refractivity contribution < 1.29 is 33.9 Å². The van der Waals surface area contributed by atoms with Gasteiger partial charge in [0.1, 0.15) is 0 Å². The first-order valence-electron chi connectivity index (χ1n) is 43.8. The summed E-state index contributed by atoms with van der Waals surface area (Å²) < 4.78 is 0. The van der Waals surface area contributed by atoms with Crippen molar-refractivity contribution in [2.24, 2.45) is 75.4 Å². The molecule has 0 bridgehead atoms. The second-order valence-corrected chi connectivity index (χ2v) is 38.7. The molecule has 9 rings (SSSR count). The highest BCUT2D eigenvalue weighted by molar-refractivity contribution is 5.89. The molecule has 110 heavy (non-hydrogen) atoms. The third-order valence-electron chi connectivity index (χ3n) is 24.4. The molecule has 6 amide bonds. The minimum atomic E-state index is -0.135. The van der Waals surface area contributed by atoms with Crippen molar-refractivity contribution in [2.45, 2.75) is 233 Å². The molecule has 0 saturated carbocycles. The van der Waals surface area contributed by atoms with E-state index in [4.69, 9.17) is 0 Å². The molecule has 7 atom stereocenters. The van der Waals surface area contributed by atoms with Gasteiger partial charge in [-0.3, -0.25) is 48.4 Å². The number of carbonyl (C=O) groups is 6. The van der Waals surface area contributed by atoms with Crippen molar-refractivity contribution in [3.63, 3.8) is 0 Å². The number of likely N-dealkylation sites (tertiary alicyclic amines) is 9. The summed E-state index contributed by atoms with van der Waals surface area (Å²) in [7, 11) is 4.01. The number of nitrogens with zero attached hydrogens (tertiary/aromatic N) is 10. The van der Waals surface area contributed by atoms with Crippen LogP contribution in [0.4, 0.5) is 0 Å². The molecule has 9 aliphatic heterocycles. The van der Waals surface area contributed by atoms with E-state index in [9.17, 15) is 33.9 Å². The Bertz CT molecular complexity index is 2750.